The van der Waals surface area contributed by atoms with Crippen molar-refractivity contribution >= 4 is 28.9 Å². The topological polar surface area (TPSA) is 92.5 Å². The summed E-state index contributed by atoms with van der Waals surface area (Å²) >= 11 is 5.64. The van der Waals surface area contributed by atoms with E-state index in [-0.39, 0.29) is 10.6 Å². The van der Waals surface area contributed by atoms with Crippen LogP contribution in [0.3, 0.4) is 0 Å². The molecular weight excluding hydrogens is 353 g/mol. The Kier molecular flexibility index (Phi) is 4.65. The van der Waals surface area contributed by atoms with Crippen LogP contribution in [0.25, 0.3) is 0 Å². The molecule has 2 rings (SSSR count). The monoisotopic (exact) mass is 360 g/mol. The van der Waals surface area contributed by atoms with E-state index in [1.807, 2.05) is 0 Å². The second kappa shape index (κ2) is 6.36. The van der Waals surface area contributed by atoms with E-state index in [0.29, 0.717) is 12.1 Å². The van der Waals surface area contributed by atoms with Gasteiger partial charge in [-0.1, -0.05) is 17.7 Å². The lowest BCUT2D eigenvalue weighted by Crippen LogP contribution is -2.14. The van der Waals surface area contributed by atoms with E-state index >= 15 is 0 Å². The summed E-state index contributed by atoms with van der Waals surface area (Å²) in [7, 11) is 0. The number of phenolic OH excluding ortho intramolecular Hbond substituents is 1. The largest absolute Gasteiger partial charge is 0.506 e. The molecule has 2 aromatic rings. The minimum Gasteiger partial charge on any atom is -0.506 e. The molecule has 0 aromatic heterocycles. The number of nitro benzene ring substituents is 1. The number of aromatic hydroxyl groups is 1. The first kappa shape index (κ1) is 17.5. The molecule has 0 heterocycles. The van der Waals surface area contributed by atoms with Crippen LogP contribution < -0.4 is 5.32 Å². The summed E-state index contributed by atoms with van der Waals surface area (Å²) < 4.78 is 38.4. The standard InChI is InChI=1S/C14H8ClF3N2O4/c15-11-3-1-2-10(12(11)21)13(22)19-8-4-7(14(16,17)18)5-9(6-8)20(23)24/h1-6,21H,(H,19,22). The number of benzene rings is 2. The van der Waals surface area contributed by atoms with Crippen LogP contribution in [0.5, 0.6) is 5.75 Å². The highest BCUT2D eigenvalue weighted by Crippen LogP contribution is 2.34. The summed E-state index contributed by atoms with van der Waals surface area (Å²) in [4.78, 5) is 21.8. The number of non-ortho nitro benzene ring substituents is 1. The van der Waals surface area contributed by atoms with Crippen molar-refractivity contribution in [2.75, 3.05) is 5.32 Å². The molecule has 126 valence electrons. The highest BCUT2D eigenvalue weighted by Gasteiger charge is 2.33. The van der Waals surface area contributed by atoms with Crippen LogP contribution >= 0.6 is 11.6 Å². The van der Waals surface area contributed by atoms with Gasteiger partial charge in [0.05, 0.1) is 21.1 Å². The Morgan fingerprint density at radius 2 is 1.92 bits per heavy atom. The molecule has 0 bridgehead atoms. The van der Waals surface area contributed by atoms with Gasteiger partial charge in [-0.15, -0.1) is 0 Å². The third-order valence-electron chi connectivity index (χ3n) is 2.95. The molecule has 2 N–H and O–H groups in total. The summed E-state index contributed by atoms with van der Waals surface area (Å²) in [5.41, 5.74) is -2.86. The number of anilines is 1. The van der Waals surface area contributed by atoms with E-state index in [0.717, 1.165) is 6.07 Å². The molecule has 0 saturated heterocycles. The van der Waals surface area contributed by atoms with E-state index in [2.05, 4.69) is 5.32 Å². The smallest absolute Gasteiger partial charge is 0.416 e. The Bertz CT molecular complexity index is 824. The van der Waals surface area contributed by atoms with Crippen LogP contribution in [0.15, 0.2) is 36.4 Å². The van der Waals surface area contributed by atoms with Crippen molar-refractivity contribution in [1.29, 1.82) is 0 Å². The lowest BCUT2D eigenvalue weighted by molar-refractivity contribution is -0.385. The molecular formula is C14H8ClF3N2O4. The summed E-state index contributed by atoms with van der Waals surface area (Å²) in [6, 6.07) is 5.53. The number of carbonyl (C=O) groups is 1. The van der Waals surface area contributed by atoms with E-state index in [1.54, 1.807) is 0 Å². The zero-order valence-electron chi connectivity index (χ0n) is 11.6. The number of nitrogens with one attached hydrogen (secondary N) is 1. The quantitative estimate of drug-likeness (QED) is 0.633. The molecule has 0 spiro atoms. The molecule has 0 atom stereocenters. The van der Waals surface area contributed by atoms with Crippen LogP contribution in [-0.2, 0) is 6.18 Å². The number of amides is 1. The third-order valence-corrected chi connectivity index (χ3v) is 3.25. The predicted octanol–water partition coefficient (Wildman–Crippen LogP) is 4.22. The van der Waals surface area contributed by atoms with Crippen molar-refractivity contribution in [3.05, 3.63) is 62.7 Å². The van der Waals surface area contributed by atoms with Gasteiger partial charge in [-0.2, -0.15) is 13.2 Å². The highest BCUT2D eigenvalue weighted by atomic mass is 35.5. The maximum absolute atomic E-state index is 12.8. The first-order valence-corrected chi connectivity index (χ1v) is 6.63. The minimum atomic E-state index is -4.83. The van der Waals surface area contributed by atoms with Crippen LogP contribution in [0.2, 0.25) is 5.02 Å². The van der Waals surface area contributed by atoms with Crippen LogP contribution in [0, 0.1) is 10.1 Å². The number of halogens is 4. The first-order valence-electron chi connectivity index (χ1n) is 6.25. The number of alkyl halides is 3. The van der Waals surface area contributed by atoms with Crippen molar-refractivity contribution in [3.8, 4) is 5.75 Å². The van der Waals surface area contributed by atoms with Gasteiger partial charge < -0.3 is 10.4 Å². The molecule has 0 saturated carbocycles. The molecule has 10 heteroatoms. The molecule has 0 aliphatic heterocycles. The summed E-state index contributed by atoms with van der Waals surface area (Å²) in [5, 5.41) is 22.4. The molecule has 0 unspecified atom stereocenters. The average Bonchev–Trinajstić information content (AvgIpc) is 2.48. The number of rotatable bonds is 3. The number of para-hydroxylation sites is 1. The Morgan fingerprint density at radius 3 is 2.50 bits per heavy atom. The van der Waals surface area contributed by atoms with E-state index in [9.17, 15) is 33.2 Å². The van der Waals surface area contributed by atoms with Crippen molar-refractivity contribution in [2.45, 2.75) is 6.18 Å². The Hall–Kier alpha value is -2.81. The maximum atomic E-state index is 12.8. The van der Waals surface area contributed by atoms with E-state index in [4.69, 9.17) is 11.6 Å². The minimum absolute atomic E-state index is 0.127. The van der Waals surface area contributed by atoms with Crippen LogP contribution in [0.1, 0.15) is 15.9 Å². The predicted molar refractivity (Wildman–Crippen MR) is 79.2 cm³/mol. The molecule has 0 fully saturated rings. The van der Waals surface area contributed by atoms with Gasteiger partial charge in [0.25, 0.3) is 11.6 Å². The summed E-state index contributed by atoms with van der Waals surface area (Å²) in [5.74, 6) is -1.53. The van der Waals surface area contributed by atoms with Crippen molar-refractivity contribution < 1.29 is 28.0 Å². The Morgan fingerprint density at radius 1 is 1.25 bits per heavy atom. The number of phenols is 1. The molecule has 1 amide bonds. The SMILES string of the molecule is O=C(Nc1cc([N+](=O)[O-])cc(C(F)(F)F)c1)c1cccc(Cl)c1O. The van der Waals surface area contributed by atoms with Gasteiger partial charge in [0, 0.05) is 17.8 Å². The second-order valence-corrected chi connectivity index (χ2v) is 5.02. The number of nitro groups is 1. The molecule has 0 radical (unpaired) electrons. The van der Waals surface area contributed by atoms with Gasteiger partial charge in [0.15, 0.2) is 0 Å². The summed E-state index contributed by atoms with van der Waals surface area (Å²) in [6.45, 7) is 0. The fourth-order valence-corrected chi connectivity index (χ4v) is 2.02. The van der Waals surface area contributed by atoms with Crippen molar-refractivity contribution in [3.63, 3.8) is 0 Å². The van der Waals surface area contributed by atoms with E-state index in [1.165, 1.54) is 18.2 Å². The van der Waals surface area contributed by atoms with Gasteiger partial charge in [0.1, 0.15) is 5.75 Å². The zero-order valence-corrected chi connectivity index (χ0v) is 12.4. The number of carbonyl (C=O) groups excluding carboxylic acids is 1. The summed E-state index contributed by atoms with van der Waals surface area (Å²) in [6.07, 6.45) is -4.83. The highest BCUT2D eigenvalue weighted by molar-refractivity contribution is 6.32. The Balaban J connectivity index is 2.42. The fourth-order valence-electron chi connectivity index (χ4n) is 1.85. The Labute approximate surface area is 137 Å². The lowest BCUT2D eigenvalue weighted by Gasteiger charge is -2.11. The van der Waals surface area contributed by atoms with Gasteiger partial charge in [-0.25, -0.2) is 0 Å². The van der Waals surface area contributed by atoms with Gasteiger partial charge >= 0.3 is 6.18 Å². The zero-order chi connectivity index (χ0) is 18.1. The molecule has 0 aliphatic rings. The first-order chi connectivity index (χ1) is 11.1. The lowest BCUT2D eigenvalue weighted by atomic mass is 10.1. The van der Waals surface area contributed by atoms with Crippen LogP contribution in [-0.4, -0.2) is 15.9 Å². The molecule has 2 aromatic carbocycles. The van der Waals surface area contributed by atoms with E-state index < -0.39 is 39.7 Å². The van der Waals surface area contributed by atoms with Gasteiger partial charge in [-0.05, 0) is 18.2 Å². The van der Waals surface area contributed by atoms with Gasteiger partial charge in [-0.3, -0.25) is 14.9 Å². The van der Waals surface area contributed by atoms with Crippen molar-refractivity contribution in [1.82, 2.24) is 0 Å². The number of hydrogen-bond acceptors (Lipinski definition) is 4. The normalized spacial score (nSPS) is 11.2. The third kappa shape index (κ3) is 3.74. The molecule has 0 aliphatic carbocycles. The second-order valence-electron chi connectivity index (χ2n) is 4.61. The average molecular weight is 361 g/mol. The number of hydrogen-bond donors (Lipinski definition) is 2. The molecule has 24 heavy (non-hydrogen) atoms. The fraction of sp³-hybridized carbons (Fsp3) is 0.0714. The molecule has 6 nitrogen and oxygen atoms in total. The van der Waals surface area contributed by atoms with Gasteiger partial charge in [0.2, 0.25) is 0 Å². The van der Waals surface area contributed by atoms with Crippen LogP contribution in [0.4, 0.5) is 24.5 Å². The maximum Gasteiger partial charge on any atom is 0.416 e. The number of nitrogens with zero attached hydrogens (tertiary/aromatic N) is 1. The van der Waals surface area contributed by atoms with Crippen molar-refractivity contribution in [2.24, 2.45) is 0 Å².